The van der Waals surface area contributed by atoms with Crippen molar-refractivity contribution in [2.75, 3.05) is 13.1 Å². The van der Waals surface area contributed by atoms with Gasteiger partial charge in [0, 0.05) is 18.6 Å². The maximum absolute atomic E-state index is 12.9. The second-order valence-corrected chi connectivity index (χ2v) is 6.49. The summed E-state index contributed by atoms with van der Waals surface area (Å²) in [6, 6.07) is 10.3. The molecule has 1 aromatic rings. The molecule has 0 radical (unpaired) electrons. The van der Waals surface area contributed by atoms with Crippen molar-refractivity contribution in [1.29, 1.82) is 0 Å². The molecule has 4 nitrogen and oxygen atoms in total. The lowest BCUT2D eigenvalue weighted by Gasteiger charge is -2.25. The minimum absolute atomic E-state index is 0. The van der Waals surface area contributed by atoms with Gasteiger partial charge in [0.25, 0.3) is 0 Å². The lowest BCUT2D eigenvalue weighted by Crippen LogP contribution is -2.32. The maximum atomic E-state index is 12.9. The van der Waals surface area contributed by atoms with Gasteiger partial charge in [-0.1, -0.05) is 30.3 Å². The molecule has 1 saturated carbocycles. The smallest absolute Gasteiger partial charge is 0.246 e. The molecule has 1 aliphatic carbocycles. The largest absolute Gasteiger partial charge is 0.316 e. The number of hydrogen-bond donors (Lipinski definition) is 1. The topological polar surface area (TPSA) is 44.7 Å². The molecule has 0 aromatic heterocycles. The number of fused-ring (bicyclic) bond motifs is 1. The first-order valence-corrected chi connectivity index (χ1v) is 7.94. The predicted molar refractivity (Wildman–Crippen MR) is 89.0 cm³/mol. The summed E-state index contributed by atoms with van der Waals surface area (Å²) >= 11 is 0. The number of carbonyl (C=O) groups excluding carboxylic acids is 1. The molecule has 118 valence electrons. The van der Waals surface area contributed by atoms with Crippen LogP contribution in [0.2, 0.25) is 0 Å². The fraction of sp³-hybridized carbons (Fsp3) is 0.529. The Bertz CT molecular complexity index is 550. The van der Waals surface area contributed by atoms with Gasteiger partial charge in [-0.15, -0.1) is 12.4 Å². The van der Waals surface area contributed by atoms with Crippen molar-refractivity contribution in [3.05, 3.63) is 35.9 Å². The summed E-state index contributed by atoms with van der Waals surface area (Å²) in [5.74, 6) is 1.79. The third-order valence-electron chi connectivity index (χ3n) is 5.24. The van der Waals surface area contributed by atoms with Crippen molar-refractivity contribution in [1.82, 2.24) is 10.3 Å². The first-order valence-electron chi connectivity index (χ1n) is 7.94. The molecule has 3 aliphatic rings. The van der Waals surface area contributed by atoms with Gasteiger partial charge < -0.3 is 5.32 Å². The minimum Gasteiger partial charge on any atom is -0.316 e. The van der Waals surface area contributed by atoms with Crippen LogP contribution >= 0.6 is 12.4 Å². The Morgan fingerprint density at radius 2 is 1.82 bits per heavy atom. The monoisotopic (exact) mass is 319 g/mol. The highest BCUT2D eigenvalue weighted by Crippen LogP contribution is 2.41. The normalized spacial score (nSPS) is 30.4. The van der Waals surface area contributed by atoms with E-state index >= 15 is 0 Å². The van der Waals surface area contributed by atoms with E-state index in [4.69, 9.17) is 0 Å². The number of hydrazone groups is 1. The number of hydrogen-bond acceptors (Lipinski definition) is 3. The summed E-state index contributed by atoms with van der Waals surface area (Å²) < 4.78 is 0. The van der Waals surface area contributed by atoms with Gasteiger partial charge in [0.1, 0.15) is 0 Å². The van der Waals surface area contributed by atoms with Gasteiger partial charge in [0.15, 0.2) is 0 Å². The number of halogens is 1. The SMILES string of the molecule is Cl.O=C(C1C[C@@H]2CNC[C@H]2C1)N1N=CC[C@H]1c1ccccc1. The Morgan fingerprint density at radius 3 is 2.50 bits per heavy atom. The van der Waals surface area contributed by atoms with E-state index in [-0.39, 0.29) is 30.3 Å². The van der Waals surface area contributed by atoms with E-state index in [2.05, 4.69) is 22.6 Å². The predicted octanol–water partition coefficient (Wildman–Crippen LogP) is 2.61. The van der Waals surface area contributed by atoms with Crippen molar-refractivity contribution >= 4 is 24.5 Å². The van der Waals surface area contributed by atoms with Crippen LogP contribution in [0.4, 0.5) is 0 Å². The van der Waals surface area contributed by atoms with E-state index in [9.17, 15) is 4.79 Å². The van der Waals surface area contributed by atoms with Gasteiger partial charge in [-0.25, -0.2) is 5.01 Å². The lowest BCUT2D eigenvalue weighted by atomic mass is 10.0. The highest BCUT2D eigenvalue weighted by Gasteiger charge is 2.43. The number of rotatable bonds is 2. The summed E-state index contributed by atoms with van der Waals surface area (Å²) in [6.07, 6.45) is 4.78. The Hall–Kier alpha value is -1.39. The van der Waals surface area contributed by atoms with Crippen LogP contribution in [-0.2, 0) is 4.79 Å². The van der Waals surface area contributed by atoms with Gasteiger partial charge in [0.2, 0.25) is 5.91 Å². The van der Waals surface area contributed by atoms with Gasteiger partial charge in [-0.05, 0) is 43.3 Å². The number of carbonyl (C=O) groups is 1. The number of nitrogens with one attached hydrogen (secondary N) is 1. The van der Waals surface area contributed by atoms with Gasteiger partial charge in [-0.2, -0.15) is 5.10 Å². The summed E-state index contributed by atoms with van der Waals surface area (Å²) in [5, 5.41) is 9.55. The molecule has 0 unspecified atom stereocenters. The zero-order valence-electron chi connectivity index (χ0n) is 12.5. The molecule has 1 aromatic carbocycles. The summed E-state index contributed by atoms with van der Waals surface area (Å²) in [4.78, 5) is 12.9. The van der Waals surface area contributed by atoms with Crippen LogP contribution in [-0.4, -0.2) is 30.2 Å². The molecule has 2 aliphatic heterocycles. The average molecular weight is 320 g/mol. The maximum Gasteiger partial charge on any atom is 0.246 e. The second-order valence-electron chi connectivity index (χ2n) is 6.49. The van der Waals surface area contributed by atoms with E-state index in [0.717, 1.165) is 32.4 Å². The molecule has 1 N–H and O–H groups in total. The molecule has 0 spiro atoms. The van der Waals surface area contributed by atoms with Crippen molar-refractivity contribution in [2.45, 2.75) is 25.3 Å². The van der Waals surface area contributed by atoms with Crippen LogP contribution in [0, 0.1) is 17.8 Å². The van der Waals surface area contributed by atoms with E-state index in [0.29, 0.717) is 11.8 Å². The molecule has 2 heterocycles. The molecule has 1 saturated heterocycles. The first kappa shape index (κ1) is 15.5. The first-order chi connectivity index (χ1) is 10.3. The average Bonchev–Trinajstić information content (AvgIpc) is 3.22. The number of benzene rings is 1. The minimum atomic E-state index is 0. The van der Waals surface area contributed by atoms with E-state index in [1.165, 1.54) is 5.56 Å². The molecule has 2 fully saturated rings. The summed E-state index contributed by atoms with van der Waals surface area (Å²) in [6.45, 7) is 2.17. The van der Waals surface area contributed by atoms with Crippen molar-refractivity contribution in [3.63, 3.8) is 0 Å². The zero-order valence-corrected chi connectivity index (χ0v) is 13.3. The van der Waals surface area contributed by atoms with Crippen molar-refractivity contribution in [2.24, 2.45) is 22.9 Å². The van der Waals surface area contributed by atoms with Crippen LogP contribution in [0.5, 0.6) is 0 Å². The quantitative estimate of drug-likeness (QED) is 0.910. The third kappa shape index (κ3) is 2.66. The van der Waals surface area contributed by atoms with E-state index < -0.39 is 0 Å². The Balaban J connectivity index is 0.00000144. The summed E-state index contributed by atoms with van der Waals surface area (Å²) in [7, 11) is 0. The highest BCUT2D eigenvalue weighted by molar-refractivity contribution is 5.85. The van der Waals surface area contributed by atoms with Gasteiger partial charge in [-0.3, -0.25) is 4.79 Å². The fourth-order valence-electron chi connectivity index (χ4n) is 4.13. The van der Waals surface area contributed by atoms with Crippen molar-refractivity contribution < 1.29 is 4.79 Å². The molecule has 5 heteroatoms. The lowest BCUT2D eigenvalue weighted by molar-refractivity contribution is -0.137. The molecular formula is C17H22ClN3O. The van der Waals surface area contributed by atoms with Crippen molar-refractivity contribution in [3.8, 4) is 0 Å². The van der Waals surface area contributed by atoms with Crippen LogP contribution in [0.15, 0.2) is 35.4 Å². The second kappa shape index (κ2) is 6.39. The van der Waals surface area contributed by atoms with E-state index in [1.54, 1.807) is 5.01 Å². The molecule has 1 amide bonds. The Morgan fingerprint density at radius 1 is 1.14 bits per heavy atom. The molecule has 0 bridgehead atoms. The van der Waals surface area contributed by atoms with Gasteiger partial charge in [0.05, 0.1) is 6.04 Å². The zero-order chi connectivity index (χ0) is 14.2. The Labute approximate surface area is 137 Å². The molecule has 22 heavy (non-hydrogen) atoms. The number of nitrogens with zero attached hydrogens (tertiary/aromatic N) is 2. The standard InChI is InChI=1S/C17H21N3O.ClH/c21-17(13-8-14-10-18-11-15(14)9-13)20-16(6-7-19-20)12-4-2-1-3-5-12;/h1-5,7,13-16,18H,6,8-11H2;1H/t14-,15-,16+;/m1./s1. The third-order valence-corrected chi connectivity index (χ3v) is 5.24. The molecule has 3 atom stereocenters. The highest BCUT2D eigenvalue weighted by atomic mass is 35.5. The molecular weight excluding hydrogens is 298 g/mol. The Kier molecular flexibility index (Phi) is 4.50. The molecule has 4 rings (SSSR count). The van der Waals surface area contributed by atoms with Crippen LogP contribution in [0.1, 0.15) is 30.9 Å². The van der Waals surface area contributed by atoms with Gasteiger partial charge >= 0.3 is 0 Å². The fourth-order valence-corrected chi connectivity index (χ4v) is 4.13. The van der Waals surface area contributed by atoms with E-state index in [1.807, 2.05) is 24.4 Å². The van der Waals surface area contributed by atoms with Crippen LogP contribution in [0.3, 0.4) is 0 Å². The summed E-state index contributed by atoms with van der Waals surface area (Å²) in [5.41, 5.74) is 1.18. The van der Waals surface area contributed by atoms with Crippen LogP contribution in [0.25, 0.3) is 0 Å². The van der Waals surface area contributed by atoms with Crippen LogP contribution < -0.4 is 5.32 Å². The number of amides is 1.